The van der Waals surface area contributed by atoms with Crippen molar-refractivity contribution in [1.82, 2.24) is 15.5 Å². The van der Waals surface area contributed by atoms with Gasteiger partial charge < -0.3 is 15.2 Å². The molecular formula is C26H31N3O6. The molecule has 35 heavy (non-hydrogen) atoms. The summed E-state index contributed by atoms with van der Waals surface area (Å²) in [5.41, 5.74) is 1.33. The van der Waals surface area contributed by atoms with Crippen LogP contribution in [0.4, 0.5) is 0 Å². The summed E-state index contributed by atoms with van der Waals surface area (Å²) >= 11 is 0. The van der Waals surface area contributed by atoms with Gasteiger partial charge in [0.15, 0.2) is 0 Å². The molecule has 1 aliphatic heterocycles. The van der Waals surface area contributed by atoms with Gasteiger partial charge >= 0.3 is 5.97 Å². The third kappa shape index (κ3) is 6.45. The molecule has 9 heteroatoms. The second-order valence-corrected chi connectivity index (χ2v) is 8.89. The Bertz CT molecular complexity index is 1090. The topological polar surface area (TPSA) is 125 Å². The van der Waals surface area contributed by atoms with E-state index in [0.29, 0.717) is 18.7 Å². The van der Waals surface area contributed by atoms with E-state index >= 15 is 0 Å². The highest BCUT2D eigenvalue weighted by Crippen LogP contribution is 2.29. The molecule has 9 nitrogen and oxygen atoms in total. The Balaban J connectivity index is 1.83. The van der Waals surface area contributed by atoms with Gasteiger partial charge in [-0.1, -0.05) is 44.2 Å². The molecule has 0 fully saturated rings. The zero-order valence-electron chi connectivity index (χ0n) is 20.1. The van der Waals surface area contributed by atoms with Gasteiger partial charge in [0.1, 0.15) is 5.75 Å². The Morgan fingerprint density at radius 1 is 1.03 bits per heavy atom. The molecule has 0 saturated carbocycles. The van der Waals surface area contributed by atoms with Crippen LogP contribution in [0, 0.1) is 5.92 Å². The average Bonchev–Trinajstić information content (AvgIpc) is 3.09. The standard InChI is InChI=1S/C26H31N3O6/c1-16(2)13-21(24(32)27-15-17-7-5-4-6-8-17)28-22(11-12-23(30)31)29-25(33)19-10-9-18(35-3)14-20(19)26(29)34/h4-10,14,16,21-22,28H,11-13,15H2,1-3H3,(H,27,32)(H,30,31)/t21-,22?/m0/s1. The van der Waals surface area contributed by atoms with Crippen LogP contribution in [0.1, 0.15) is 59.4 Å². The summed E-state index contributed by atoms with van der Waals surface area (Å²) in [6, 6.07) is 13.3. The molecule has 0 aliphatic carbocycles. The number of nitrogens with one attached hydrogen (secondary N) is 2. The van der Waals surface area contributed by atoms with E-state index in [2.05, 4.69) is 10.6 Å². The van der Waals surface area contributed by atoms with Crippen molar-refractivity contribution in [1.29, 1.82) is 0 Å². The van der Waals surface area contributed by atoms with Crippen LogP contribution in [0.25, 0.3) is 0 Å². The monoisotopic (exact) mass is 481 g/mol. The highest BCUT2D eigenvalue weighted by Gasteiger charge is 2.41. The number of fused-ring (bicyclic) bond motifs is 1. The summed E-state index contributed by atoms with van der Waals surface area (Å²) in [4.78, 5) is 51.8. The van der Waals surface area contributed by atoms with E-state index in [1.54, 1.807) is 6.07 Å². The molecule has 0 aromatic heterocycles. The Hall–Kier alpha value is -3.72. The second kappa shape index (κ2) is 11.6. The fraction of sp³-hybridized carbons (Fsp3) is 0.385. The fourth-order valence-electron chi connectivity index (χ4n) is 4.06. The largest absolute Gasteiger partial charge is 0.497 e. The minimum atomic E-state index is -1.07. The highest BCUT2D eigenvalue weighted by molar-refractivity contribution is 6.21. The number of carbonyl (C=O) groups excluding carboxylic acids is 3. The number of methoxy groups -OCH3 is 1. The van der Waals surface area contributed by atoms with Crippen LogP contribution in [0.15, 0.2) is 48.5 Å². The van der Waals surface area contributed by atoms with E-state index in [1.165, 1.54) is 19.2 Å². The molecule has 186 valence electrons. The first-order valence-electron chi connectivity index (χ1n) is 11.6. The van der Waals surface area contributed by atoms with Crippen LogP contribution in [0.2, 0.25) is 0 Å². The van der Waals surface area contributed by atoms with E-state index in [0.717, 1.165) is 10.5 Å². The van der Waals surface area contributed by atoms with E-state index in [9.17, 15) is 24.3 Å². The number of nitrogens with zero attached hydrogens (tertiary/aromatic N) is 1. The number of benzene rings is 2. The van der Waals surface area contributed by atoms with Crippen molar-refractivity contribution in [2.45, 2.75) is 51.9 Å². The molecule has 3 N–H and O–H groups in total. The number of carboxylic acids is 1. The van der Waals surface area contributed by atoms with Crippen molar-refractivity contribution in [3.8, 4) is 5.75 Å². The van der Waals surface area contributed by atoms with Crippen LogP contribution < -0.4 is 15.4 Å². The molecule has 3 amide bonds. The van der Waals surface area contributed by atoms with Gasteiger partial charge in [-0.15, -0.1) is 0 Å². The molecule has 2 aromatic rings. The zero-order chi connectivity index (χ0) is 25.5. The maximum Gasteiger partial charge on any atom is 0.303 e. The van der Waals surface area contributed by atoms with Gasteiger partial charge in [0.25, 0.3) is 11.8 Å². The van der Waals surface area contributed by atoms with E-state index in [1.807, 2.05) is 44.2 Å². The molecule has 0 spiro atoms. The van der Waals surface area contributed by atoms with Crippen LogP contribution >= 0.6 is 0 Å². The molecule has 0 saturated heterocycles. The Kier molecular flexibility index (Phi) is 8.59. The summed E-state index contributed by atoms with van der Waals surface area (Å²) < 4.78 is 5.17. The second-order valence-electron chi connectivity index (χ2n) is 8.89. The predicted molar refractivity (Wildman–Crippen MR) is 129 cm³/mol. The molecule has 0 bridgehead atoms. The van der Waals surface area contributed by atoms with Gasteiger partial charge in [-0.3, -0.25) is 29.4 Å². The van der Waals surface area contributed by atoms with Crippen molar-refractivity contribution < 1.29 is 29.0 Å². The van der Waals surface area contributed by atoms with Gasteiger partial charge in [-0.05, 0) is 42.5 Å². The minimum absolute atomic E-state index is 0.0432. The molecule has 1 heterocycles. The molecule has 1 unspecified atom stereocenters. The molecular weight excluding hydrogens is 450 g/mol. The minimum Gasteiger partial charge on any atom is -0.497 e. The van der Waals surface area contributed by atoms with Crippen LogP contribution in [0.3, 0.4) is 0 Å². The average molecular weight is 482 g/mol. The number of carboxylic acid groups (broad SMARTS) is 1. The van der Waals surface area contributed by atoms with Crippen LogP contribution in [0.5, 0.6) is 5.75 Å². The van der Waals surface area contributed by atoms with E-state index in [4.69, 9.17) is 4.74 Å². The lowest BCUT2D eigenvalue weighted by Crippen LogP contribution is -2.56. The van der Waals surface area contributed by atoms with Crippen molar-refractivity contribution in [2.24, 2.45) is 5.92 Å². The van der Waals surface area contributed by atoms with Gasteiger partial charge in [0.05, 0.1) is 30.4 Å². The summed E-state index contributed by atoms with van der Waals surface area (Å²) in [5, 5.41) is 15.3. The number of aliphatic carboxylic acids is 1. The number of hydrogen-bond donors (Lipinski definition) is 3. The summed E-state index contributed by atoms with van der Waals surface area (Å²) in [7, 11) is 1.46. The lowest BCUT2D eigenvalue weighted by atomic mass is 10.0. The van der Waals surface area contributed by atoms with E-state index < -0.39 is 30.0 Å². The SMILES string of the molecule is COc1ccc2c(c1)C(=O)N(C(CCC(=O)O)N[C@@H](CC(C)C)C(=O)NCc1ccccc1)C2=O. The van der Waals surface area contributed by atoms with Gasteiger partial charge in [-0.25, -0.2) is 0 Å². The van der Waals surface area contributed by atoms with Crippen molar-refractivity contribution in [3.05, 3.63) is 65.2 Å². The third-order valence-electron chi connectivity index (χ3n) is 5.80. The number of amides is 3. The Labute approximate surface area is 204 Å². The van der Waals surface area contributed by atoms with Crippen LogP contribution in [-0.4, -0.2) is 53.0 Å². The molecule has 0 radical (unpaired) electrons. The number of rotatable bonds is 12. The first-order valence-corrected chi connectivity index (χ1v) is 11.6. The van der Waals surface area contributed by atoms with Gasteiger partial charge in [0.2, 0.25) is 5.91 Å². The molecule has 3 rings (SSSR count). The maximum absolute atomic E-state index is 13.2. The summed E-state index contributed by atoms with van der Waals surface area (Å²) in [6.45, 7) is 4.24. The van der Waals surface area contributed by atoms with E-state index in [-0.39, 0.29) is 35.8 Å². The van der Waals surface area contributed by atoms with Crippen molar-refractivity contribution >= 4 is 23.7 Å². The summed E-state index contributed by atoms with van der Waals surface area (Å²) in [5.74, 6) is -1.89. The van der Waals surface area contributed by atoms with Gasteiger partial charge in [-0.2, -0.15) is 0 Å². The Morgan fingerprint density at radius 2 is 1.71 bits per heavy atom. The number of hydrogen-bond acceptors (Lipinski definition) is 6. The predicted octanol–water partition coefficient (Wildman–Crippen LogP) is 2.80. The molecule has 1 aliphatic rings. The summed E-state index contributed by atoms with van der Waals surface area (Å²) in [6.07, 6.45) is -0.871. The third-order valence-corrected chi connectivity index (χ3v) is 5.80. The number of carbonyl (C=O) groups is 4. The normalized spacial score (nSPS) is 14.6. The first kappa shape index (κ1) is 25.9. The lowest BCUT2D eigenvalue weighted by molar-refractivity contribution is -0.137. The smallest absolute Gasteiger partial charge is 0.303 e. The lowest BCUT2D eigenvalue weighted by Gasteiger charge is -2.31. The number of imide groups is 1. The number of ether oxygens (including phenoxy) is 1. The van der Waals surface area contributed by atoms with Crippen molar-refractivity contribution in [2.75, 3.05) is 7.11 Å². The van der Waals surface area contributed by atoms with Gasteiger partial charge in [0, 0.05) is 13.0 Å². The molecule has 2 atom stereocenters. The maximum atomic E-state index is 13.2. The highest BCUT2D eigenvalue weighted by atomic mass is 16.5. The van der Waals surface area contributed by atoms with Crippen LogP contribution in [-0.2, 0) is 16.1 Å². The first-order chi connectivity index (χ1) is 16.7. The van der Waals surface area contributed by atoms with Crippen molar-refractivity contribution in [3.63, 3.8) is 0 Å². The quantitative estimate of drug-likeness (QED) is 0.398. The Morgan fingerprint density at radius 3 is 2.34 bits per heavy atom. The molecule has 2 aromatic carbocycles. The fourth-order valence-corrected chi connectivity index (χ4v) is 4.06. The zero-order valence-corrected chi connectivity index (χ0v) is 20.1.